The molecule has 0 N–H and O–H groups in total. The molecule has 4 nitrogen and oxygen atoms in total. The van der Waals surface area contributed by atoms with E-state index in [4.69, 9.17) is 21.1 Å². The number of hydrogen-bond acceptors (Lipinski definition) is 5. The van der Waals surface area contributed by atoms with Crippen LogP contribution in [0.5, 0.6) is 5.75 Å². The summed E-state index contributed by atoms with van der Waals surface area (Å²) in [4.78, 5) is 25.6. The first-order valence-corrected chi connectivity index (χ1v) is 8.79. The van der Waals surface area contributed by atoms with Gasteiger partial charge in [0.05, 0.1) is 7.11 Å². The smallest absolute Gasteiger partial charge is 0.342 e. The Labute approximate surface area is 150 Å². The van der Waals surface area contributed by atoms with E-state index >= 15 is 0 Å². The highest BCUT2D eigenvalue weighted by Gasteiger charge is 2.22. The van der Waals surface area contributed by atoms with Crippen LogP contribution in [0.2, 0.25) is 5.02 Å². The van der Waals surface area contributed by atoms with E-state index in [1.807, 2.05) is 6.26 Å². The van der Waals surface area contributed by atoms with Crippen LogP contribution in [0.1, 0.15) is 27.6 Å². The van der Waals surface area contributed by atoms with E-state index < -0.39 is 12.1 Å². The number of ether oxygens (including phenoxy) is 2. The Hall–Kier alpha value is -1.98. The maximum Gasteiger partial charge on any atom is 0.342 e. The minimum absolute atomic E-state index is 0.283. The lowest BCUT2D eigenvalue weighted by Crippen LogP contribution is -2.24. The summed E-state index contributed by atoms with van der Waals surface area (Å²) in [7, 11) is 1.48. The number of esters is 1. The minimum Gasteiger partial charge on any atom is -0.496 e. The Balaban J connectivity index is 2.14. The van der Waals surface area contributed by atoms with E-state index in [0.717, 1.165) is 4.90 Å². The molecule has 0 spiro atoms. The van der Waals surface area contributed by atoms with Crippen molar-refractivity contribution < 1.29 is 19.1 Å². The van der Waals surface area contributed by atoms with Gasteiger partial charge in [0.2, 0.25) is 5.78 Å². The van der Waals surface area contributed by atoms with Crippen molar-refractivity contribution in [2.24, 2.45) is 0 Å². The summed E-state index contributed by atoms with van der Waals surface area (Å²) in [6.07, 6.45) is 1.02. The van der Waals surface area contributed by atoms with Crippen LogP contribution in [0, 0.1) is 0 Å². The van der Waals surface area contributed by atoms with E-state index in [9.17, 15) is 9.59 Å². The Morgan fingerprint density at radius 2 is 1.79 bits per heavy atom. The number of Topliss-reactive ketones (excluding diaryl/α,β-unsaturated/α-hetero) is 1. The van der Waals surface area contributed by atoms with Gasteiger partial charge in [-0.1, -0.05) is 11.6 Å². The first kappa shape index (κ1) is 18.4. The van der Waals surface area contributed by atoms with Gasteiger partial charge in [-0.25, -0.2) is 4.79 Å². The highest BCUT2D eigenvalue weighted by molar-refractivity contribution is 7.98. The van der Waals surface area contributed by atoms with Gasteiger partial charge >= 0.3 is 5.97 Å². The summed E-state index contributed by atoms with van der Waals surface area (Å²) in [6, 6.07) is 11.6. The normalized spacial score (nSPS) is 11.7. The molecule has 0 aromatic heterocycles. The predicted octanol–water partition coefficient (Wildman–Crippen LogP) is 4.50. The summed E-state index contributed by atoms with van der Waals surface area (Å²) < 4.78 is 10.5. The molecule has 0 amide bonds. The van der Waals surface area contributed by atoms with Crippen LogP contribution in [0.4, 0.5) is 0 Å². The van der Waals surface area contributed by atoms with Gasteiger partial charge in [-0.2, -0.15) is 0 Å². The van der Waals surface area contributed by atoms with E-state index in [1.165, 1.54) is 25.8 Å². The van der Waals surface area contributed by atoms with Crippen molar-refractivity contribution in [3.63, 3.8) is 0 Å². The zero-order valence-electron chi connectivity index (χ0n) is 13.5. The molecule has 6 heteroatoms. The lowest BCUT2D eigenvalue weighted by atomic mass is 10.1. The molecule has 0 bridgehead atoms. The molecule has 0 radical (unpaired) electrons. The fourth-order valence-corrected chi connectivity index (χ4v) is 2.65. The molecule has 0 heterocycles. The van der Waals surface area contributed by atoms with Crippen molar-refractivity contribution in [1.82, 2.24) is 0 Å². The van der Waals surface area contributed by atoms with Gasteiger partial charge < -0.3 is 9.47 Å². The maximum atomic E-state index is 12.3. The first-order valence-electron chi connectivity index (χ1n) is 7.19. The second-order valence-corrected chi connectivity index (χ2v) is 6.30. The van der Waals surface area contributed by atoms with Crippen molar-refractivity contribution in [3.05, 3.63) is 58.6 Å². The van der Waals surface area contributed by atoms with Crippen molar-refractivity contribution >= 4 is 35.1 Å². The molecular weight excluding hydrogens is 348 g/mol. The fourth-order valence-electron chi connectivity index (χ4n) is 2.09. The highest BCUT2D eigenvalue weighted by atomic mass is 35.5. The molecule has 2 aromatic carbocycles. The number of halogens is 1. The molecule has 2 rings (SSSR count). The van der Waals surface area contributed by atoms with Crippen molar-refractivity contribution in [1.29, 1.82) is 0 Å². The van der Waals surface area contributed by atoms with E-state index in [-0.39, 0.29) is 11.3 Å². The van der Waals surface area contributed by atoms with Crippen molar-refractivity contribution in [2.45, 2.75) is 17.9 Å². The summed E-state index contributed by atoms with van der Waals surface area (Å²) in [5, 5.41) is 0.537. The molecule has 126 valence electrons. The van der Waals surface area contributed by atoms with Gasteiger partial charge in [-0.05, 0) is 55.6 Å². The van der Waals surface area contributed by atoms with Crippen LogP contribution in [0.3, 0.4) is 0 Å². The molecule has 0 aliphatic heterocycles. The quantitative estimate of drug-likeness (QED) is 0.429. The second kappa shape index (κ2) is 8.22. The van der Waals surface area contributed by atoms with Crippen LogP contribution < -0.4 is 4.74 Å². The number of carbonyl (C=O) groups is 2. The molecule has 0 aliphatic rings. The van der Waals surface area contributed by atoms with Crippen LogP contribution in [-0.4, -0.2) is 31.2 Å². The number of methoxy groups -OCH3 is 1. The number of benzene rings is 2. The zero-order valence-corrected chi connectivity index (χ0v) is 15.1. The summed E-state index contributed by atoms with van der Waals surface area (Å²) in [5.41, 5.74) is 0.718. The second-order valence-electron chi connectivity index (χ2n) is 4.98. The zero-order chi connectivity index (χ0) is 17.7. The van der Waals surface area contributed by atoms with Crippen LogP contribution in [0.25, 0.3) is 0 Å². The average molecular weight is 365 g/mol. The van der Waals surface area contributed by atoms with Gasteiger partial charge in [0.15, 0.2) is 6.10 Å². The van der Waals surface area contributed by atoms with Crippen LogP contribution >= 0.6 is 23.4 Å². The number of ketones is 1. The SMILES string of the molecule is COc1cc(SC)ccc1C(=O)O[C@@H](C)C(=O)c1ccc(Cl)cc1. The maximum absolute atomic E-state index is 12.3. The Morgan fingerprint density at radius 1 is 1.12 bits per heavy atom. The number of hydrogen-bond donors (Lipinski definition) is 0. The first-order chi connectivity index (χ1) is 11.5. The lowest BCUT2D eigenvalue weighted by molar-refractivity contribution is 0.0316. The topological polar surface area (TPSA) is 52.6 Å². The third kappa shape index (κ3) is 4.30. The molecule has 0 fully saturated rings. The third-order valence-corrected chi connectivity index (χ3v) is 4.39. The Kier molecular flexibility index (Phi) is 6.29. The molecule has 0 saturated carbocycles. The monoisotopic (exact) mass is 364 g/mol. The van der Waals surface area contributed by atoms with Crippen LogP contribution in [0.15, 0.2) is 47.4 Å². The highest BCUT2D eigenvalue weighted by Crippen LogP contribution is 2.26. The summed E-state index contributed by atoms with van der Waals surface area (Å²) in [5.74, 6) is -0.480. The number of carbonyl (C=O) groups excluding carboxylic acids is 2. The van der Waals surface area contributed by atoms with E-state index in [0.29, 0.717) is 16.3 Å². The number of rotatable bonds is 6. The fraction of sp³-hybridized carbons (Fsp3) is 0.222. The van der Waals surface area contributed by atoms with Crippen molar-refractivity contribution in [3.8, 4) is 5.75 Å². The molecule has 0 saturated heterocycles. The number of thioether (sulfide) groups is 1. The Morgan fingerprint density at radius 3 is 2.38 bits per heavy atom. The molecule has 24 heavy (non-hydrogen) atoms. The standard InChI is InChI=1S/C18H17ClO4S/c1-11(17(20)12-4-6-13(19)7-5-12)23-18(21)15-9-8-14(24-3)10-16(15)22-2/h4-11H,1-3H3/t11-/m0/s1. The van der Waals surface area contributed by atoms with E-state index in [1.54, 1.807) is 42.5 Å². The van der Waals surface area contributed by atoms with Gasteiger partial charge in [-0.3, -0.25) is 4.79 Å². The molecule has 2 aromatic rings. The Bertz CT molecular complexity index is 743. The average Bonchev–Trinajstić information content (AvgIpc) is 2.60. The van der Waals surface area contributed by atoms with Crippen molar-refractivity contribution in [2.75, 3.05) is 13.4 Å². The van der Waals surface area contributed by atoms with Gasteiger partial charge in [0.25, 0.3) is 0 Å². The van der Waals surface area contributed by atoms with Crippen LogP contribution in [-0.2, 0) is 4.74 Å². The molecular formula is C18H17ClO4S. The van der Waals surface area contributed by atoms with Gasteiger partial charge in [-0.15, -0.1) is 11.8 Å². The minimum atomic E-state index is -0.913. The summed E-state index contributed by atoms with van der Waals surface area (Å²) >= 11 is 7.35. The molecule has 0 aliphatic carbocycles. The van der Waals surface area contributed by atoms with E-state index in [2.05, 4.69) is 0 Å². The summed E-state index contributed by atoms with van der Waals surface area (Å²) in [6.45, 7) is 1.54. The largest absolute Gasteiger partial charge is 0.496 e. The molecule has 1 atom stereocenters. The molecule has 0 unspecified atom stereocenters. The van der Waals surface area contributed by atoms with Gasteiger partial charge in [0, 0.05) is 15.5 Å². The third-order valence-electron chi connectivity index (χ3n) is 3.41. The predicted molar refractivity (Wildman–Crippen MR) is 95.4 cm³/mol. The lowest BCUT2D eigenvalue weighted by Gasteiger charge is -2.14. The van der Waals surface area contributed by atoms with Gasteiger partial charge in [0.1, 0.15) is 11.3 Å².